The van der Waals surface area contributed by atoms with Crippen molar-refractivity contribution in [2.45, 2.75) is 51.2 Å². The monoisotopic (exact) mass is 265 g/mol. The normalized spacial score (nSPS) is 20.9. The Kier molecular flexibility index (Phi) is 3.83. The van der Waals surface area contributed by atoms with Crippen molar-refractivity contribution in [2.24, 2.45) is 0 Å². The molecule has 104 valence electrons. The molecule has 1 aliphatic heterocycles. The zero-order valence-electron chi connectivity index (χ0n) is 10.6. The first kappa shape index (κ1) is 14.7. The Morgan fingerprint density at radius 2 is 1.89 bits per heavy atom. The highest BCUT2D eigenvalue weighted by molar-refractivity contribution is 5.78. The van der Waals surface area contributed by atoms with E-state index in [9.17, 15) is 18.4 Å². The molecule has 0 radical (unpaired) electrons. The van der Waals surface area contributed by atoms with E-state index in [4.69, 9.17) is 9.84 Å². The van der Waals surface area contributed by atoms with Crippen LogP contribution in [-0.2, 0) is 9.53 Å². The third kappa shape index (κ3) is 3.08. The molecule has 0 bridgehead atoms. The van der Waals surface area contributed by atoms with Gasteiger partial charge in [0.25, 0.3) is 0 Å². The molecule has 1 saturated heterocycles. The van der Waals surface area contributed by atoms with Crippen LogP contribution < -0.4 is 0 Å². The Bertz CT molecular complexity index is 351. The Morgan fingerprint density at radius 1 is 1.33 bits per heavy atom. The number of nitrogens with zero attached hydrogens (tertiary/aromatic N) is 1. The number of amides is 1. The molecule has 1 rings (SSSR count). The molecule has 0 unspecified atom stereocenters. The van der Waals surface area contributed by atoms with Gasteiger partial charge in [-0.3, -0.25) is 4.90 Å². The van der Waals surface area contributed by atoms with Crippen molar-refractivity contribution in [1.82, 2.24) is 4.90 Å². The van der Waals surface area contributed by atoms with Gasteiger partial charge in [-0.1, -0.05) is 0 Å². The molecular weight excluding hydrogens is 248 g/mol. The second-order valence-corrected chi connectivity index (χ2v) is 5.26. The van der Waals surface area contributed by atoms with E-state index in [0.29, 0.717) is 6.42 Å². The number of rotatable bonds is 2. The van der Waals surface area contributed by atoms with Gasteiger partial charge in [-0.25, -0.2) is 9.59 Å². The van der Waals surface area contributed by atoms with Crippen LogP contribution in [0.5, 0.6) is 0 Å². The van der Waals surface area contributed by atoms with Crippen LogP contribution in [0.2, 0.25) is 0 Å². The van der Waals surface area contributed by atoms with Crippen LogP contribution in [0.15, 0.2) is 0 Å². The summed E-state index contributed by atoms with van der Waals surface area (Å²) in [6, 6.07) is -1.63. The van der Waals surface area contributed by atoms with Crippen LogP contribution >= 0.6 is 0 Å². The Balaban J connectivity index is 2.83. The number of carboxylic acid groups (broad SMARTS) is 1. The summed E-state index contributed by atoms with van der Waals surface area (Å²) in [6.07, 6.45) is -0.600. The highest BCUT2D eigenvalue weighted by atomic mass is 19.3. The zero-order valence-corrected chi connectivity index (χ0v) is 10.6. The second-order valence-electron chi connectivity index (χ2n) is 5.26. The van der Waals surface area contributed by atoms with Gasteiger partial charge in [-0.15, -0.1) is 0 Å². The van der Waals surface area contributed by atoms with E-state index >= 15 is 0 Å². The highest BCUT2D eigenvalue weighted by Crippen LogP contribution is 2.32. The van der Waals surface area contributed by atoms with Crippen molar-refractivity contribution in [3.63, 3.8) is 0 Å². The predicted molar refractivity (Wildman–Crippen MR) is 58.5 cm³/mol. The standard InChI is InChI=1S/C11H17F2NO4/c1-10(2,3)18-9(17)14-6-4-5-7(14)11(12,13)8(15)16/h7H,4-6H2,1-3H3,(H,15,16)/t7-/m1/s1. The molecule has 1 amide bonds. The largest absolute Gasteiger partial charge is 0.477 e. The summed E-state index contributed by atoms with van der Waals surface area (Å²) in [5, 5.41) is 8.51. The van der Waals surface area contributed by atoms with Crippen LogP contribution in [0.1, 0.15) is 33.6 Å². The fourth-order valence-corrected chi connectivity index (χ4v) is 1.83. The Hall–Kier alpha value is -1.40. The van der Waals surface area contributed by atoms with Gasteiger partial charge in [0, 0.05) is 6.54 Å². The van der Waals surface area contributed by atoms with Gasteiger partial charge in [0.2, 0.25) is 0 Å². The smallest absolute Gasteiger partial charge is 0.410 e. The second kappa shape index (κ2) is 4.70. The summed E-state index contributed by atoms with van der Waals surface area (Å²) >= 11 is 0. The van der Waals surface area contributed by atoms with Crippen LogP contribution in [0.3, 0.4) is 0 Å². The molecule has 0 spiro atoms. The van der Waals surface area contributed by atoms with Crippen LogP contribution in [0, 0.1) is 0 Å². The third-order valence-electron chi connectivity index (χ3n) is 2.58. The van der Waals surface area contributed by atoms with E-state index in [2.05, 4.69) is 0 Å². The fraction of sp³-hybridized carbons (Fsp3) is 0.818. The summed E-state index contributed by atoms with van der Waals surface area (Å²) in [7, 11) is 0. The number of halogens is 2. The number of hydrogen-bond donors (Lipinski definition) is 1. The first-order chi connectivity index (χ1) is 8.05. The minimum Gasteiger partial charge on any atom is -0.477 e. The average Bonchev–Trinajstić information content (AvgIpc) is 2.62. The first-order valence-corrected chi connectivity index (χ1v) is 5.66. The lowest BCUT2D eigenvalue weighted by atomic mass is 10.1. The Morgan fingerprint density at radius 3 is 2.33 bits per heavy atom. The van der Waals surface area contributed by atoms with Gasteiger partial charge < -0.3 is 9.84 Å². The molecule has 0 aromatic heterocycles. The predicted octanol–water partition coefficient (Wildman–Crippen LogP) is 2.11. The molecule has 1 N–H and O–H groups in total. The van der Waals surface area contributed by atoms with E-state index in [1.165, 1.54) is 0 Å². The van der Waals surface area contributed by atoms with Gasteiger partial charge in [-0.2, -0.15) is 8.78 Å². The molecule has 0 aromatic carbocycles. The molecule has 1 aliphatic rings. The van der Waals surface area contributed by atoms with Gasteiger partial charge in [0.1, 0.15) is 11.6 Å². The molecule has 0 saturated carbocycles. The molecule has 5 nitrogen and oxygen atoms in total. The van der Waals surface area contributed by atoms with Crippen LogP contribution in [-0.4, -0.2) is 46.2 Å². The van der Waals surface area contributed by atoms with Crippen LogP contribution in [0.4, 0.5) is 13.6 Å². The van der Waals surface area contributed by atoms with Crippen molar-refractivity contribution in [1.29, 1.82) is 0 Å². The number of aliphatic carboxylic acids is 1. The van der Waals surface area contributed by atoms with Crippen molar-refractivity contribution in [3.05, 3.63) is 0 Å². The van der Waals surface area contributed by atoms with E-state index in [1.54, 1.807) is 20.8 Å². The first-order valence-electron chi connectivity index (χ1n) is 5.66. The number of likely N-dealkylation sites (tertiary alicyclic amines) is 1. The molecule has 1 heterocycles. The van der Waals surface area contributed by atoms with E-state index in [1.807, 2.05) is 0 Å². The lowest BCUT2D eigenvalue weighted by Gasteiger charge is -2.31. The minimum atomic E-state index is -3.95. The molecule has 1 atom stereocenters. The SMILES string of the molecule is CC(C)(C)OC(=O)N1CCC[C@@H]1C(F)(F)C(=O)O. The van der Waals surface area contributed by atoms with Crippen LogP contribution in [0.25, 0.3) is 0 Å². The molecule has 0 aliphatic carbocycles. The maximum Gasteiger partial charge on any atom is 0.410 e. The van der Waals surface area contributed by atoms with Crippen molar-refractivity contribution < 1.29 is 28.2 Å². The fourth-order valence-electron chi connectivity index (χ4n) is 1.83. The van der Waals surface area contributed by atoms with Gasteiger partial charge in [-0.05, 0) is 33.6 Å². The molecule has 0 aromatic rings. The lowest BCUT2D eigenvalue weighted by molar-refractivity contribution is -0.173. The lowest BCUT2D eigenvalue weighted by Crippen LogP contribution is -2.51. The molecule has 7 heteroatoms. The van der Waals surface area contributed by atoms with Crippen molar-refractivity contribution in [3.8, 4) is 0 Å². The van der Waals surface area contributed by atoms with E-state index < -0.39 is 29.6 Å². The van der Waals surface area contributed by atoms with E-state index in [-0.39, 0.29) is 13.0 Å². The van der Waals surface area contributed by atoms with Gasteiger partial charge >= 0.3 is 18.0 Å². The molecular formula is C11H17F2NO4. The van der Waals surface area contributed by atoms with Crippen molar-refractivity contribution >= 4 is 12.1 Å². The summed E-state index contributed by atoms with van der Waals surface area (Å²) in [5.74, 6) is -6.17. The number of alkyl halides is 2. The number of carboxylic acids is 1. The average molecular weight is 265 g/mol. The van der Waals surface area contributed by atoms with Crippen molar-refractivity contribution in [2.75, 3.05) is 6.54 Å². The quantitative estimate of drug-likeness (QED) is 0.830. The summed E-state index contributed by atoms with van der Waals surface area (Å²) < 4.78 is 31.9. The third-order valence-corrected chi connectivity index (χ3v) is 2.58. The highest BCUT2D eigenvalue weighted by Gasteiger charge is 2.53. The zero-order chi connectivity index (χ0) is 14.1. The number of hydrogen-bond acceptors (Lipinski definition) is 3. The Labute approximate surface area is 104 Å². The van der Waals surface area contributed by atoms with Gasteiger partial charge in [0.15, 0.2) is 0 Å². The maximum atomic E-state index is 13.4. The minimum absolute atomic E-state index is 0.0431. The number of carbonyl (C=O) groups excluding carboxylic acids is 1. The number of ether oxygens (including phenoxy) is 1. The molecule has 1 fully saturated rings. The summed E-state index contributed by atoms with van der Waals surface area (Å²) in [6.45, 7) is 4.93. The van der Waals surface area contributed by atoms with Gasteiger partial charge in [0.05, 0.1) is 0 Å². The number of carbonyl (C=O) groups is 2. The molecule has 18 heavy (non-hydrogen) atoms. The maximum absolute atomic E-state index is 13.4. The summed E-state index contributed by atoms with van der Waals surface area (Å²) in [5.41, 5.74) is -0.803. The van der Waals surface area contributed by atoms with E-state index in [0.717, 1.165) is 4.90 Å². The topological polar surface area (TPSA) is 66.8 Å². The summed E-state index contributed by atoms with van der Waals surface area (Å²) in [4.78, 5) is 23.1.